The number of hydrogen-bond donors (Lipinski definition) is 1. The summed E-state index contributed by atoms with van der Waals surface area (Å²) in [6, 6.07) is 3.78. The number of nitrogens with zero attached hydrogens (tertiary/aromatic N) is 3. The molecule has 0 bridgehead atoms. The summed E-state index contributed by atoms with van der Waals surface area (Å²) in [6.07, 6.45) is 6.91. The minimum Gasteiger partial charge on any atom is -0.340 e. The second-order valence-corrected chi connectivity index (χ2v) is 8.10. The fourth-order valence-corrected chi connectivity index (χ4v) is 4.54. The Morgan fingerprint density at radius 2 is 1.92 bits per heavy atom. The zero-order valence-electron chi connectivity index (χ0n) is 15.1. The zero-order valence-corrected chi connectivity index (χ0v) is 15.9. The first-order chi connectivity index (χ1) is 12.7. The molecule has 1 N–H and O–H groups in total. The van der Waals surface area contributed by atoms with E-state index in [0.29, 0.717) is 42.5 Å². The Morgan fingerprint density at radius 3 is 2.62 bits per heavy atom. The SMILES string of the molecule is N#Cc1ccsc1NC(=O)CN1CCN(C(=O)CC2CCCCC2)CC1. The third kappa shape index (κ3) is 5.05. The third-order valence-corrected chi connectivity index (χ3v) is 6.15. The Morgan fingerprint density at radius 1 is 1.19 bits per heavy atom. The van der Waals surface area contributed by atoms with E-state index in [4.69, 9.17) is 5.26 Å². The number of hydrogen-bond acceptors (Lipinski definition) is 5. The van der Waals surface area contributed by atoms with Gasteiger partial charge < -0.3 is 10.2 Å². The van der Waals surface area contributed by atoms with Crippen molar-refractivity contribution in [1.29, 1.82) is 5.26 Å². The molecule has 0 unspecified atom stereocenters. The molecule has 1 saturated carbocycles. The molecule has 1 aliphatic carbocycles. The van der Waals surface area contributed by atoms with Crippen molar-refractivity contribution in [3.8, 4) is 6.07 Å². The first-order valence-corrected chi connectivity index (χ1v) is 10.3. The van der Waals surface area contributed by atoms with Crippen molar-refractivity contribution in [2.24, 2.45) is 5.92 Å². The molecule has 2 aliphatic rings. The van der Waals surface area contributed by atoms with Crippen molar-refractivity contribution < 1.29 is 9.59 Å². The highest BCUT2D eigenvalue weighted by Gasteiger charge is 2.25. The molecule has 140 valence electrons. The van der Waals surface area contributed by atoms with Gasteiger partial charge in [0.25, 0.3) is 0 Å². The van der Waals surface area contributed by atoms with E-state index in [1.54, 1.807) is 11.4 Å². The Hall–Kier alpha value is -1.91. The van der Waals surface area contributed by atoms with Gasteiger partial charge in [-0.3, -0.25) is 14.5 Å². The second kappa shape index (κ2) is 9.15. The van der Waals surface area contributed by atoms with Crippen LogP contribution >= 0.6 is 11.3 Å². The molecule has 7 heteroatoms. The number of carbonyl (C=O) groups excluding carboxylic acids is 2. The lowest BCUT2D eigenvalue weighted by Crippen LogP contribution is -2.50. The molecule has 6 nitrogen and oxygen atoms in total. The zero-order chi connectivity index (χ0) is 18.4. The highest BCUT2D eigenvalue weighted by Crippen LogP contribution is 2.27. The molecule has 0 spiro atoms. The van der Waals surface area contributed by atoms with Gasteiger partial charge in [0.2, 0.25) is 11.8 Å². The first-order valence-electron chi connectivity index (χ1n) is 9.43. The van der Waals surface area contributed by atoms with Crippen molar-refractivity contribution >= 4 is 28.2 Å². The van der Waals surface area contributed by atoms with Crippen LogP contribution in [0.25, 0.3) is 0 Å². The first kappa shape index (κ1) is 18.9. The molecule has 0 aromatic carbocycles. The van der Waals surface area contributed by atoms with Gasteiger partial charge in [-0.15, -0.1) is 11.3 Å². The lowest BCUT2D eigenvalue weighted by atomic mass is 9.86. The van der Waals surface area contributed by atoms with E-state index in [9.17, 15) is 9.59 Å². The van der Waals surface area contributed by atoms with Gasteiger partial charge in [-0.1, -0.05) is 19.3 Å². The van der Waals surface area contributed by atoms with E-state index in [0.717, 1.165) is 13.1 Å². The van der Waals surface area contributed by atoms with Crippen LogP contribution in [-0.2, 0) is 9.59 Å². The number of thiophene rings is 1. The summed E-state index contributed by atoms with van der Waals surface area (Å²) in [6.45, 7) is 3.13. The number of anilines is 1. The largest absolute Gasteiger partial charge is 0.340 e. The monoisotopic (exact) mass is 374 g/mol. The second-order valence-electron chi connectivity index (χ2n) is 7.19. The van der Waals surface area contributed by atoms with Gasteiger partial charge in [0.15, 0.2) is 0 Å². The summed E-state index contributed by atoms with van der Waals surface area (Å²) < 4.78 is 0. The summed E-state index contributed by atoms with van der Waals surface area (Å²) in [4.78, 5) is 28.7. The molecule has 1 aliphatic heterocycles. The quantitative estimate of drug-likeness (QED) is 0.860. The Balaban J connectivity index is 1.40. The van der Waals surface area contributed by atoms with Crippen LogP contribution in [0.1, 0.15) is 44.1 Å². The van der Waals surface area contributed by atoms with Gasteiger partial charge in [0.05, 0.1) is 12.1 Å². The van der Waals surface area contributed by atoms with Crippen LogP contribution in [0.4, 0.5) is 5.00 Å². The topological polar surface area (TPSA) is 76.4 Å². The minimum absolute atomic E-state index is 0.106. The number of rotatable bonds is 5. The predicted octanol–water partition coefficient (Wildman–Crippen LogP) is 2.67. The lowest BCUT2D eigenvalue weighted by molar-refractivity contribution is -0.134. The molecule has 0 atom stereocenters. The summed E-state index contributed by atoms with van der Waals surface area (Å²) in [7, 11) is 0. The van der Waals surface area contributed by atoms with E-state index >= 15 is 0 Å². The van der Waals surface area contributed by atoms with Crippen LogP contribution in [0.3, 0.4) is 0 Å². The van der Waals surface area contributed by atoms with Crippen LogP contribution in [0.15, 0.2) is 11.4 Å². The van der Waals surface area contributed by atoms with Gasteiger partial charge in [-0.2, -0.15) is 5.26 Å². The maximum Gasteiger partial charge on any atom is 0.239 e. The van der Waals surface area contributed by atoms with E-state index in [1.165, 1.54) is 43.4 Å². The van der Waals surface area contributed by atoms with Gasteiger partial charge in [0.1, 0.15) is 11.1 Å². The van der Waals surface area contributed by atoms with Crippen molar-refractivity contribution in [2.45, 2.75) is 38.5 Å². The molecule has 1 aromatic heterocycles. The van der Waals surface area contributed by atoms with Crippen molar-refractivity contribution in [1.82, 2.24) is 9.80 Å². The average Bonchev–Trinajstić information content (AvgIpc) is 3.10. The maximum atomic E-state index is 12.5. The summed E-state index contributed by atoms with van der Waals surface area (Å²) in [5.41, 5.74) is 0.501. The van der Waals surface area contributed by atoms with Gasteiger partial charge in [0, 0.05) is 32.6 Å². The highest BCUT2D eigenvalue weighted by atomic mass is 32.1. The van der Waals surface area contributed by atoms with Crippen molar-refractivity contribution in [3.05, 3.63) is 17.0 Å². The number of amides is 2. The van der Waals surface area contributed by atoms with E-state index in [1.807, 2.05) is 4.90 Å². The molecule has 3 rings (SSSR count). The Bertz CT molecular complexity index is 667. The minimum atomic E-state index is -0.106. The molecular formula is C19H26N4O2S. The fourth-order valence-electron chi connectivity index (χ4n) is 3.79. The van der Waals surface area contributed by atoms with Crippen LogP contribution in [0, 0.1) is 17.2 Å². The number of carbonyl (C=O) groups is 2. The maximum absolute atomic E-state index is 12.5. The van der Waals surface area contributed by atoms with E-state index < -0.39 is 0 Å². The van der Waals surface area contributed by atoms with Gasteiger partial charge in [-0.25, -0.2) is 0 Å². The predicted molar refractivity (Wildman–Crippen MR) is 102 cm³/mol. The molecule has 26 heavy (non-hydrogen) atoms. The van der Waals surface area contributed by atoms with Crippen molar-refractivity contribution in [3.63, 3.8) is 0 Å². The molecule has 1 aromatic rings. The number of nitriles is 1. The standard InChI is InChI=1S/C19H26N4O2S/c20-13-16-6-11-26-19(16)21-17(24)14-22-7-9-23(10-8-22)18(25)12-15-4-2-1-3-5-15/h6,11,15H,1-5,7-10,12,14H2,(H,21,24). The van der Waals surface area contributed by atoms with E-state index in [2.05, 4.69) is 16.3 Å². The molecule has 0 radical (unpaired) electrons. The van der Waals surface area contributed by atoms with Crippen LogP contribution in [0.2, 0.25) is 0 Å². The summed E-state index contributed by atoms with van der Waals surface area (Å²) >= 11 is 1.36. The average molecular weight is 375 g/mol. The molecule has 2 heterocycles. The smallest absolute Gasteiger partial charge is 0.239 e. The van der Waals surface area contributed by atoms with E-state index in [-0.39, 0.29) is 11.8 Å². The lowest BCUT2D eigenvalue weighted by Gasteiger charge is -2.35. The Kier molecular flexibility index (Phi) is 6.64. The third-order valence-electron chi connectivity index (χ3n) is 5.32. The van der Waals surface area contributed by atoms with Gasteiger partial charge >= 0.3 is 0 Å². The fraction of sp³-hybridized carbons (Fsp3) is 0.632. The Labute approximate surface area is 158 Å². The molecule has 2 fully saturated rings. The summed E-state index contributed by atoms with van der Waals surface area (Å²) in [5.74, 6) is 0.740. The van der Waals surface area contributed by atoms with Crippen LogP contribution in [0.5, 0.6) is 0 Å². The van der Waals surface area contributed by atoms with Crippen molar-refractivity contribution in [2.75, 3.05) is 38.0 Å². The van der Waals surface area contributed by atoms with Gasteiger partial charge in [-0.05, 0) is 30.2 Å². The van der Waals surface area contributed by atoms with Crippen LogP contribution < -0.4 is 5.32 Å². The number of nitrogens with one attached hydrogen (secondary N) is 1. The number of piperazine rings is 1. The normalized spacial score (nSPS) is 19.1. The van der Waals surface area contributed by atoms with Crippen LogP contribution in [-0.4, -0.2) is 54.3 Å². The molecular weight excluding hydrogens is 348 g/mol. The molecule has 1 saturated heterocycles. The summed E-state index contributed by atoms with van der Waals surface area (Å²) in [5, 5.41) is 14.2. The molecule has 2 amide bonds. The highest BCUT2D eigenvalue weighted by molar-refractivity contribution is 7.14.